The fraction of sp³-hybridized carbons (Fsp3) is 0.158. The van der Waals surface area contributed by atoms with Crippen LogP contribution in [0.4, 0.5) is 5.69 Å². The summed E-state index contributed by atoms with van der Waals surface area (Å²) in [5.41, 5.74) is 1.89. The fourth-order valence-electron chi connectivity index (χ4n) is 2.56. The molecule has 0 saturated carbocycles. The van der Waals surface area contributed by atoms with Gasteiger partial charge in [0.15, 0.2) is 11.5 Å². The maximum Gasteiger partial charge on any atom is 0.259 e. The molecule has 0 bridgehead atoms. The van der Waals surface area contributed by atoms with Gasteiger partial charge in [-0.25, -0.2) is 0 Å². The molecule has 1 amide bonds. The highest BCUT2D eigenvalue weighted by atomic mass is 16.5. The van der Waals surface area contributed by atoms with Gasteiger partial charge in [0.05, 0.1) is 32.4 Å². The van der Waals surface area contributed by atoms with Crippen molar-refractivity contribution in [2.24, 2.45) is 0 Å². The van der Waals surface area contributed by atoms with E-state index in [1.54, 1.807) is 24.4 Å². The molecule has 0 aliphatic carbocycles. The van der Waals surface area contributed by atoms with Crippen LogP contribution < -0.4 is 19.5 Å². The molecule has 1 heterocycles. The lowest BCUT2D eigenvalue weighted by atomic mass is 10.1. The molecular weight excluding hydrogens is 320 g/mol. The number of nitrogens with zero attached hydrogens (tertiary/aromatic N) is 1. The Labute approximate surface area is 145 Å². The first kappa shape index (κ1) is 16.6. The third kappa shape index (κ3) is 3.33. The van der Waals surface area contributed by atoms with E-state index in [9.17, 15) is 4.79 Å². The monoisotopic (exact) mass is 338 g/mol. The Hall–Kier alpha value is -3.28. The minimum Gasteiger partial charge on any atom is -0.496 e. The summed E-state index contributed by atoms with van der Waals surface area (Å²) in [6, 6.07) is 12.5. The number of hydrogen-bond acceptors (Lipinski definition) is 5. The van der Waals surface area contributed by atoms with Crippen LogP contribution >= 0.6 is 0 Å². The highest BCUT2D eigenvalue weighted by Gasteiger charge is 2.18. The Balaban J connectivity index is 1.93. The summed E-state index contributed by atoms with van der Waals surface area (Å²) < 4.78 is 15.8. The summed E-state index contributed by atoms with van der Waals surface area (Å²) in [6.07, 6.45) is 1.73. The summed E-state index contributed by atoms with van der Waals surface area (Å²) in [5.74, 6) is 1.04. The maximum atomic E-state index is 12.7. The average Bonchev–Trinajstić information content (AvgIpc) is 2.66. The topological polar surface area (TPSA) is 69.7 Å². The number of benzene rings is 2. The molecule has 0 atom stereocenters. The zero-order valence-electron chi connectivity index (χ0n) is 14.2. The first-order chi connectivity index (χ1) is 12.2. The third-order valence-electron chi connectivity index (χ3n) is 3.81. The standard InChI is InChI=1S/C19H18N2O4/c1-23-16-11-18(25-3)17(24-2)10-14(16)19(22)21-13-6-7-15-12(9-13)5-4-8-20-15/h4-11H,1-3H3,(H,21,22). The van der Waals surface area contributed by atoms with E-state index in [-0.39, 0.29) is 5.91 Å². The van der Waals surface area contributed by atoms with Crippen LogP contribution in [0.25, 0.3) is 10.9 Å². The second-order valence-electron chi connectivity index (χ2n) is 5.27. The largest absolute Gasteiger partial charge is 0.496 e. The van der Waals surface area contributed by atoms with Crippen molar-refractivity contribution < 1.29 is 19.0 Å². The van der Waals surface area contributed by atoms with Gasteiger partial charge in [0.2, 0.25) is 0 Å². The van der Waals surface area contributed by atoms with Crippen molar-refractivity contribution >= 4 is 22.5 Å². The minimum absolute atomic E-state index is 0.305. The van der Waals surface area contributed by atoms with E-state index in [4.69, 9.17) is 14.2 Å². The van der Waals surface area contributed by atoms with Gasteiger partial charge >= 0.3 is 0 Å². The summed E-state index contributed by atoms with van der Waals surface area (Å²) in [4.78, 5) is 17.0. The van der Waals surface area contributed by atoms with Crippen LogP contribution in [0.15, 0.2) is 48.7 Å². The van der Waals surface area contributed by atoms with Crippen molar-refractivity contribution in [2.75, 3.05) is 26.6 Å². The van der Waals surface area contributed by atoms with Gasteiger partial charge in [-0.15, -0.1) is 0 Å². The second kappa shape index (κ2) is 7.09. The molecule has 128 valence electrons. The SMILES string of the molecule is COc1cc(OC)c(C(=O)Nc2ccc3ncccc3c2)cc1OC. The highest BCUT2D eigenvalue weighted by molar-refractivity contribution is 6.07. The van der Waals surface area contributed by atoms with Crippen molar-refractivity contribution in [1.29, 1.82) is 0 Å². The number of amides is 1. The first-order valence-electron chi connectivity index (χ1n) is 7.62. The molecule has 6 nitrogen and oxygen atoms in total. The van der Waals surface area contributed by atoms with Gasteiger partial charge in [-0.1, -0.05) is 6.07 Å². The van der Waals surface area contributed by atoms with Crippen LogP contribution in [0, 0.1) is 0 Å². The van der Waals surface area contributed by atoms with Crippen LogP contribution in [-0.4, -0.2) is 32.2 Å². The number of hydrogen-bond donors (Lipinski definition) is 1. The Bertz CT molecular complexity index is 924. The lowest BCUT2D eigenvalue weighted by molar-refractivity contribution is 0.102. The van der Waals surface area contributed by atoms with E-state index in [1.165, 1.54) is 21.3 Å². The van der Waals surface area contributed by atoms with Crippen molar-refractivity contribution in [3.8, 4) is 17.2 Å². The summed E-state index contributed by atoms with van der Waals surface area (Å²) in [5, 5.41) is 3.81. The average molecular weight is 338 g/mol. The maximum absolute atomic E-state index is 12.7. The molecule has 0 fully saturated rings. The molecule has 1 aromatic heterocycles. The molecule has 0 saturated heterocycles. The van der Waals surface area contributed by atoms with Crippen LogP contribution in [-0.2, 0) is 0 Å². The van der Waals surface area contributed by atoms with E-state index in [0.717, 1.165) is 10.9 Å². The van der Waals surface area contributed by atoms with Crippen LogP contribution in [0.3, 0.4) is 0 Å². The molecule has 25 heavy (non-hydrogen) atoms. The van der Waals surface area contributed by atoms with Crippen LogP contribution in [0.2, 0.25) is 0 Å². The smallest absolute Gasteiger partial charge is 0.259 e. The highest BCUT2D eigenvalue weighted by Crippen LogP contribution is 2.35. The van der Waals surface area contributed by atoms with Gasteiger partial charge in [-0.3, -0.25) is 9.78 Å². The molecule has 3 aromatic rings. The molecule has 0 spiro atoms. The summed E-state index contributed by atoms with van der Waals surface area (Å²) in [7, 11) is 4.54. The van der Waals surface area contributed by atoms with Gasteiger partial charge in [0, 0.05) is 29.4 Å². The minimum atomic E-state index is -0.305. The quantitative estimate of drug-likeness (QED) is 0.771. The van der Waals surface area contributed by atoms with Crippen molar-refractivity contribution in [1.82, 2.24) is 4.98 Å². The molecule has 0 unspecified atom stereocenters. The Kier molecular flexibility index (Phi) is 4.70. The van der Waals surface area contributed by atoms with Crippen LogP contribution in [0.1, 0.15) is 10.4 Å². The van der Waals surface area contributed by atoms with E-state index < -0.39 is 0 Å². The molecule has 0 aliphatic heterocycles. The Morgan fingerprint density at radius 3 is 2.36 bits per heavy atom. The Morgan fingerprint density at radius 1 is 0.920 bits per heavy atom. The van der Waals surface area contributed by atoms with Gasteiger partial charge in [-0.2, -0.15) is 0 Å². The zero-order chi connectivity index (χ0) is 17.8. The van der Waals surface area contributed by atoms with Crippen molar-refractivity contribution in [3.63, 3.8) is 0 Å². The van der Waals surface area contributed by atoms with E-state index in [0.29, 0.717) is 28.5 Å². The number of carbonyl (C=O) groups is 1. The van der Waals surface area contributed by atoms with Crippen LogP contribution in [0.5, 0.6) is 17.2 Å². The van der Waals surface area contributed by atoms with Gasteiger partial charge in [0.25, 0.3) is 5.91 Å². The fourth-order valence-corrected chi connectivity index (χ4v) is 2.56. The normalized spacial score (nSPS) is 10.4. The third-order valence-corrected chi connectivity index (χ3v) is 3.81. The number of methoxy groups -OCH3 is 3. The van der Waals surface area contributed by atoms with Gasteiger partial charge < -0.3 is 19.5 Å². The number of pyridine rings is 1. The number of carbonyl (C=O) groups excluding carboxylic acids is 1. The number of rotatable bonds is 5. The van der Waals surface area contributed by atoms with Gasteiger partial charge in [0.1, 0.15) is 5.75 Å². The summed E-state index contributed by atoms with van der Waals surface area (Å²) in [6.45, 7) is 0. The van der Waals surface area contributed by atoms with E-state index >= 15 is 0 Å². The van der Waals surface area contributed by atoms with Gasteiger partial charge in [-0.05, 0) is 24.3 Å². The summed E-state index contributed by atoms with van der Waals surface area (Å²) >= 11 is 0. The second-order valence-corrected chi connectivity index (χ2v) is 5.27. The van der Waals surface area contributed by atoms with E-state index in [1.807, 2.05) is 24.3 Å². The predicted octanol–water partition coefficient (Wildman–Crippen LogP) is 3.51. The van der Waals surface area contributed by atoms with Crippen molar-refractivity contribution in [3.05, 3.63) is 54.2 Å². The van der Waals surface area contributed by atoms with E-state index in [2.05, 4.69) is 10.3 Å². The molecule has 0 aliphatic rings. The number of aromatic nitrogens is 1. The predicted molar refractivity (Wildman–Crippen MR) is 95.8 cm³/mol. The Morgan fingerprint density at radius 2 is 1.64 bits per heavy atom. The molecular formula is C19H18N2O4. The number of fused-ring (bicyclic) bond motifs is 1. The number of nitrogens with one attached hydrogen (secondary N) is 1. The first-order valence-corrected chi connectivity index (χ1v) is 7.62. The molecule has 3 rings (SSSR count). The number of ether oxygens (including phenoxy) is 3. The molecule has 1 N–H and O–H groups in total. The lowest BCUT2D eigenvalue weighted by Gasteiger charge is -2.14. The molecule has 2 aromatic carbocycles. The number of anilines is 1. The zero-order valence-corrected chi connectivity index (χ0v) is 14.2. The molecule has 0 radical (unpaired) electrons. The molecule has 6 heteroatoms. The lowest BCUT2D eigenvalue weighted by Crippen LogP contribution is -2.13. The van der Waals surface area contributed by atoms with Crippen molar-refractivity contribution in [2.45, 2.75) is 0 Å².